The Balaban J connectivity index is 1.43. The molecule has 1 saturated carbocycles. The van der Waals surface area contributed by atoms with Crippen molar-refractivity contribution >= 4 is 30.6 Å². The Hall–Kier alpha value is -2.94. The highest BCUT2D eigenvalue weighted by atomic mass is 31.2. The van der Waals surface area contributed by atoms with Crippen LogP contribution in [0.3, 0.4) is 0 Å². The average Bonchev–Trinajstić information content (AvgIpc) is 3.45. The van der Waals surface area contributed by atoms with Crippen LogP contribution in [0.1, 0.15) is 32.2 Å². The first-order chi connectivity index (χ1) is 15.9. The van der Waals surface area contributed by atoms with Crippen molar-refractivity contribution in [3.05, 3.63) is 48.9 Å². The van der Waals surface area contributed by atoms with Crippen LogP contribution >= 0.6 is 7.75 Å². The van der Waals surface area contributed by atoms with Gasteiger partial charge >= 0.3 is 13.7 Å². The first kappa shape index (κ1) is 23.2. The summed E-state index contributed by atoms with van der Waals surface area (Å²) >= 11 is 0. The Morgan fingerprint density at radius 3 is 2.82 bits per heavy atom. The Labute approximate surface area is 192 Å². The second kappa shape index (κ2) is 9.91. The number of hydrogen-bond acceptors (Lipinski definition) is 8. The Bertz CT molecular complexity index is 1150. The van der Waals surface area contributed by atoms with Gasteiger partial charge in [-0.15, -0.1) is 0 Å². The summed E-state index contributed by atoms with van der Waals surface area (Å²) in [5, 5.41) is 3.52. The predicted molar refractivity (Wildman–Crippen MR) is 124 cm³/mol. The van der Waals surface area contributed by atoms with Crippen LogP contribution in [0.4, 0.5) is 5.82 Å². The summed E-state index contributed by atoms with van der Waals surface area (Å²) in [6, 6.07) is 10.00. The zero-order chi connectivity index (χ0) is 23.4. The second-order valence-corrected chi connectivity index (χ2v) is 9.82. The van der Waals surface area contributed by atoms with E-state index in [-0.39, 0.29) is 18.6 Å². The number of methoxy groups -OCH3 is 1. The average molecular weight is 473 g/mol. The van der Waals surface area contributed by atoms with Crippen LogP contribution in [-0.2, 0) is 18.6 Å². The van der Waals surface area contributed by atoms with Gasteiger partial charge in [0, 0.05) is 12.2 Å². The van der Waals surface area contributed by atoms with Gasteiger partial charge in [-0.2, -0.15) is 5.09 Å². The van der Waals surface area contributed by atoms with Gasteiger partial charge < -0.3 is 19.6 Å². The number of anilines is 1. The number of carbonyl (C=O) groups excluding carboxylic acids is 1. The number of nitrogens with zero attached hydrogens (tertiary/aromatic N) is 3. The first-order valence-corrected chi connectivity index (χ1v) is 12.3. The molecule has 10 nitrogen and oxygen atoms in total. The Morgan fingerprint density at radius 2 is 2.06 bits per heavy atom. The van der Waals surface area contributed by atoms with Crippen LogP contribution in [0.2, 0.25) is 0 Å². The van der Waals surface area contributed by atoms with Gasteiger partial charge in [-0.3, -0.25) is 9.32 Å². The monoisotopic (exact) mass is 473 g/mol. The smallest absolute Gasteiger partial charge is 0.459 e. The molecule has 1 aliphatic carbocycles. The molecule has 0 spiro atoms. The van der Waals surface area contributed by atoms with Gasteiger partial charge in [0.05, 0.1) is 19.1 Å². The number of nitrogen functional groups attached to an aromatic ring is 1. The predicted octanol–water partition coefficient (Wildman–Crippen LogP) is 3.71. The van der Waals surface area contributed by atoms with Crippen LogP contribution in [-0.4, -0.2) is 40.3 Å². The number of rotatable bonds is 9. The van der Waals surface area contributed by atoms with Crippen LogP contribution < -0.4 is 15.3 Å². The molecule has 1 aliphatic rings. The maximum absolute atomic E-state index is 13.5. The molecule has 4 atom stereocenters. The highest BCUT2D eigenvalue weighted by Crippen LogP contribution is 2.47. The lowest BCUT2D eigenvalue weighted by atomic mass is 10.1. The summed E-state index contributed by atoms with van der Waals surface area (Å²) < 4.78 is 31.8. The topological polar surface area (TPSA) is 131 Å². The molecule has 11 heteroatoms. The molecule has 2 aromatic heterocycles. The molecule has 3 N–H and O–H groups in total. The highest BCUT2D eigenvalue weighted by molar-refractivity contribution is 7.52. The van der Waals surface area contributed by atoms with Crippen molar-refractivity contribution in [2.45, 2.75) is 38.3 Å². The molecule has 33 heavy (non-hydrogen) atoms. The second-order valence-electron chi connectivity index (χ2n) is 8.12. The lowest BCUT2D eigenvalue weighted by Gasteiger charge is -2.24. The molecule has 1 fully saturated rings. The number of hydrogen-bond donors (Lipinski definition) is 2. The molecule has 0 saturated heterocycles. The number of para-hydroxylation sites is 1. The molecule has 0 aliphatic heterocycles. The minimum atomic E-state index is -3.84. The summed E-state index contributed by atoms with van der Waals surface area (Å²) in [4.78, 5) is 20.3. The number of benzene rings is 1. The van der Waals surface area contributed by atoms with Gasteiger partial charge in [-0.05, 0) is 50.3 Å². The Kier molecular flexibility index (Phi) is 6.97. The maximum Gasteiger partial charge on any atom is 0.459 e. The van der Waals surface area contributed by atoms with E-state index >= 15 is 0 Å². The third-order valence-corrected chi connectivity index (χ3v) is 7.45. The van der Waals surface area contributed by atoms with E-state index in [9.17, 15) is 9.36 Å². The fraction of sp³-hybridized carbons (Fsp3) is 0.409. The van der Waals surface area contributed by atoms with E-state index in [1.165, 1.54) is 13.4 Å². The number of fused-ring (bicyclic) bond motifs is 1. The zero-order valence-electron chi connectivity index (χ0n) is 18.6. The molecule has 0 bridgehead atoms. The largest absolute Gasteiger partial charge is 0.468 e. The lowest BCUT2D eigenvalue weighted by Crippen LogP contribution is -2.34. The van der Waals surface area contributed by atoms with Gasteiger partial charge in [0.1, 0.15) is 29.6 Å². The molecule has 2 heterocycles. The van der Waals surface area contributed by atoms with Crippen molar-refractivity contribution in [3.63, 3.8) is 0 Å². The standard InChI is InChI=1S/C22H28N5O5P/c1-15(22(28)30-2)26-33(29,32-18-6-4-3-5-7-18)31-13-16-8-9-17(12-16)27-11-10-19-20(23)24-14-25-21(19)27/h3-7,10-11,14-17H,8-9,12-13H2,1-2H3,(H,26,29)(H2,23,24,25)/t15-,16+,17-,33?/m0/s1. The summed E-state index contributed by atoms with van der Waals surface area (Å²) in [5.41, 5.74) is 6.76. The van der Waals surface area contributed by atoms with Gasteiger partial charge in [0.15, 0.2) is 0 Å². The molecule has 3 aromatic rings. The van der Waals surface area contributed by atoms with Crippen molar-refractivity contribution < 1.29 is 23.1 Å². The van der Waals surface area contributed by atoms with Crippen molar-refractivity contribution in [2.75, 3.05) is 19.5 Å². The molecule has 0 radical (unpaired) electrons. The number of aromatic nitrogens is 3. The number of esters is 1. The lowest BCUT2D eigenvalue weighted by molar-refractivity contribution is -0.142. The highest BCUT2D eigenvalue weighted by Gasteiger charge is 2.35. The molecule has 1 aromatic carbocycles. The minimum absolute atomic E-state index is 0.162. The number of nitrogens with one attached hydrogen (secondary N) is 1. The summed E-state index contributed by atoms with van der Waals surface area (Å²) in [6.45, 7) is 1.77. The summed E-state index contributed by atoms with van der Waals surface area (Å²) in [7, 11) is -2.57. The van der Waals surface area contributed by atoms with E-state index in [0.29, 0.717) is 11.6 Å². The molecule has 4 rings (SSSR count). The van der Waals surface area contributed by atoms with E-state index in [1.807, 2.05) is 18.3 Å². The number of ether oxygens (including phenoxy) is 1. The van der Waals surface area contributed by atoms with Crippen molar-refractivity contribution in [1.29, 1.82) is 0 Å². The van der Waals surface area contributed by atoms with Crippen LogP contribution in [0.5, 0.6) is 5.75 Å². The number of nitrogens with two attached hydrogens (primary N) is 1. The van der Waals surface area contributed by atoms with Gasteiger partial charge in [-0.1, -0.05) is 18.2 Å². The van der Waals surface area contributed by atoms with E-state index < -0.39 is 19.8 Å². The van der Waals surface area contributed by atoms with E-state index in [4.69, 9.17) is 19.5 Å². The first-order valence-electron chi connectivity index (χ1n) is 10.8. The molecule has 0 amide bonds. The van der Waals surface area contributed by atoms with E-state index in [2.05, 4.69) is 19.6 Å². The fourth-order valence-corrected chi connectivity index (χ4v) is 5.68. The normalized spacial score (nSPS) is 20.9. The quantitative estimate of drug-likeness (QED) is 0.353. The minimum Gasteiger partial charge on any atom is -0.468 e. The van der Waals surface area contributed by atoms with Crippen LogP contribution in [0.25, 0.3) is 11.0 Å². The molecular weight excluding hydrogens is 445 g/mol. The summed E-state index contributed by atoms with van der Waals surface area (Å²) in [6.07, 6.45) is 6.09. The molecule has 176 valence electrons. The summed E-state index contributed by atoms with van der Waals surface area (Å²) in [5.74, 6) is 0.443. The molecule has 1 unspecified atom stereocenters. The van der Waals surface area contributed by atoms with Gasteiger partial charge in [0.2, 0.25) is 0 Å². The number of carbonyl (C=O) groups is 1. The molecular formula is C22H28N5O5P. The van der Waals surface area contributed by atoms with Crippen molar-refractivity contribution in [2.24, 2.45) is 5.92 Å². The zero-order valence-corrected chi connectivity index (χ0v) is 19.5. The van der Waals surface area contributed by atoms with E-state index in [0.717, 1.165) is 30.3 Å². The van der Waals surface area contributed by atoms with Gasteiger partial charge in [0.25, 0.3) is 0 Å². The van der Waals surface area contributed by atoms with Crippen molar-refractivity contribution in [3.8, 4) is 5.75 Å². The Morgan fingerprint density at radius 1 is 1.27 bits per heavy atom. The van der Waals surface area contributed by atoms with Crippen molar-refractivity contribution in [1.82, 2.24) is 19.6 Å². The fourth-order valence-electron chi connectivity index (χ4n) is 4.12. The van der Waals surface area contributed by atoms with Crippen LogP contribution in [0.15, 0.2) is 48.9 Å². The SMILES string of the molecule is COC(=O)[C@H](C)NP(=O)(OC[C@@H]1CC[C@H](n2ccc3c(N)ncnc32)C1)Oc1ccccc1. The third-order valence-electron chi connectivity index (χ3n) is 5.80. The van der Waals surface area contributed by atoms with E-state index in [1.54, 1.807) is 31.2 Å². The van der Waals surface area contributed by atoms with Gasteiger partial charge in [-0.25, -0.2) is 14.5 Å². The maximum atomic E-state index is 13.5. The van der Waals surface area contributed by atoms with Crippen LogP contribution in [0, 0.1) is 5.92 Å². The third kappa shape index (κ3) is 5.35.